The first-order valence-electron chi connectivity index (χ1n) is 11.6. The predicted molar refractivity (Wildman–Crippen MR) is 135 cm³/mol. The lowest BCUT2D eigenvalue weighted by Gasteiger charge is -2.32. The maximum Gasteiger partial charge on any atom is 0.233 e. The van der Waals surface area contributed by atoms with Crippen molar-refractivity contribution in [3.05, 3.63) is 90.8 Å². The number of thioether (sulfide) groups is 1. The number of carbonyl (C=O) groups excluding carboxylic acids is 1. The van der Waals surface area contributed by atoms with Gasteiger partial charge in [-0.2, -0.15) is 0 Å². The van der Waals surface area contributed by atoms with Crippen LogP contribution in [0.5, 0.6) is 0 Å². The van der Waals surface area contributed by atoms with E-state index in [0.717, 1.165) is 49.4 Å². The van der Waals surface area contributed by atoms with Crippen LogP contribution in [0.2, 0.25) is 0 Å². The highest BCUT2D eigenvalue weighted by Gasteiger charge is 2.24. The Labute approximate surface area is 204 Å². The first-order valence-corrected chi connectivity index (χ1v) is 12.6. The zero-order chi connectivity index (χ0) is 23.2. The summed E-state index contributed by atoms with van der Waals surface area (Å²) in [6, 6.07) is 24.5. The van der Waals surface area contributed by atoms with Crippen molar-refractivity contribution < 1.29 is 4.79 Å². The molecular formula is C27H27N5OS. The quantitative estimate of drug-likeness (QED) is 0.360. The molecule has 1 fully saturated rings. The van der Waals surface area contributed by atoms with E-state index in [9.17, 15) is 4.79 Å². The molecule has 1 aliphatic rings. The molecule has 0 radical (unpaired) electrons. The van der Waals surface area contributed by atoms with Crippen molar-refractivity contribution in [2.45, 2.75) is 24.4 Å². The second-order valence-corrected chi connectivity index (χ2v) is 9.46. The number of benzene rings is 2. The van der Waals surface area contributed by atoms with Gasteiger partial charge in [-0.05, 0) is 55.0 Å². The molecule has 2 aromatic carbocycles. The van der Waals surface area contributed by atoms with Gasteiger partial charge in [-0.25, -0.2) is 0 Å². The zero-order valence-corrected chi connectivity index (χ0v) is 19.8. The SMILES string of the molecule is O=C(CSc1nnc(-c2cccnc2)n1-c1ccccc1)N1CCC(Cc2ccccc2)CC1. The van der Waals surface area contributed by atoms with Gasteiger partial charge in [0, 0.05) is 36.7 Å². The third-order valence-corrected chi connectivity index (χ3v) is 7.14. The Balaban J connectivity index is 1.24. The highest BCUT2D eigenvalue weighted by atomic mass is 32.2. The van der Waals surface area contributed by atoms with Crippen LogP contribution in [-0.2, 0) is 11.2 Å². The maximum absolute atomic E-state index is 13.0. The van der Waals surface area contributed by atoms with Crippen LogP contribution in [0.15, 0.2) is 90.3 Å². The summed E-state index contributed by atoms with van der Waals surface area (Å²) >= 11 is 1.44. The molecule has 1 saturated heterocycles. The summed E-state index contributed by atoms with van der Waals surface area (Å²) in [5.41, 5.74) is 3.23. The van der Waals surface area contributed by atoms with Crippen LogP contribution in [0, 0.1) is 5.92 Å². The summed E-state index contributed by atoms with van der Waals surface area (Å²) in [6.07, 6.45) is 6.72. The van der Waals surface area contributed by atoms with Crippen LogP contribution < -0.4 is 0 Å². The minimum absolute atomic E-state index is 0.161. The average Bonchev–Trinajstić information content (AvgIpc) is 3.33. The molecule has 1 aliphatic heterocycles. The van der Waals surface area contributed by atoms with Gasteiger partial charge in [-0.1, -0.05) is 60.3 Å². The van der Waals surface area contributed by atoms with Crippen LogP contribution in [-0.4, -0.2) is 49.4 Å². The van der Waals surface area contributed by atoms with E-state index in [2.05, 4.69) is 45.5 Å². The van der Waals surface area contributed by atoms with Crippen LogP contribution in [0.1, 0.15) is 18.4 Å². The first kappa shape index (κ1) is 22.3. The normalized spacial score (nSPS) is 14.3. The van der Waals surface area contributed by atoms with E-state index >= 15 is 0 Å². The van der Waals surface area contributed by atoms with Crippen molar-refractivity contribution in [3.8, 4) is 17.1 Å². The largest absolute Gasteiger partial charge is 0.342 e. The number of pyridine rings is 1. The second kappa shape index (κ2) is 10.7. The zero-order valence-electron chi connectivity index (χ0n) is 19.0. The van der Waals surface area contributed by atoms with Gasteiger partial charge in [0.1, 0.15) is 0 Å². The Kier molecular flexibility index (Phi) is 7.00. The summed E-state index contributed by atoms with van der Waals surface area (Å²) in [5, 5.41) is 9.56. The number of aromatic nitrogens is 4. The van der Waals surface area contributed by atoms with Crippen molar-refractivity contribution in [1.29, 1.82) is 0 Å². The monoisotopic (exact) mass is 469 g/mol. The summed E-state index contributed by atoms with van der Waals surface area (Å²) < 4.78 is 2.00. The fourth-order valence-electron chi connectivity index (χ4n) is 4.41. The Morgan fingerprint density at radius 2 is 1.65 bits per heavy atom. The Bertz CT molecular complexity index is 1210. The standard InChI is InChI=1S/C27H27N5OS/c33-25(31-16-13-22(14-17-31)18-21-8-3-1-4-9-21)20-34-27-30-29-26(23-10-7-15-28-19-23)32(27)24-11-5-2-6-12-24/h1-12,15,19,22H,13-14,16-18,20H2. The maximum atomic E-state index is 13.0. The number of nitrogens with zero attached hydrogens (tertiary/aromatic N) is 5. The number of piperidine rings is 1. The lowest BCUT2D eigenvalue weighted by atomic mass is 9.90. The topological polar surface area (TPSA) is 63.9 Å². The fourth-order valence-corrected chi connectivity index (χ4v) is 5.26. The van der Waals surface area contributed by atoms with Crippen molar-refractivity contribution in [3.63, 3.8) is 0 Å². The molecule has 7 heteroatoms. The Hall–Kier alpha value is -3.45. The van der Waals surface area contributed by atoms with E-state index in [0.29, 0.717) is 16.8 Å². The van der Waals surface area contributed by atoms with Gasteiger partial charge in [0.15, 0.2) is 11.0 Å². The fraction of sp³-hybridized carbons (Fsp3) is 0.259. The Morgan fingerprint density at radius 3 is 2.35 bits per heavy atom. The highest BCUT2D eigenvalue weighted by Crippen LogP contribution is 2.28. The summed E-state index contributed by atoms with van der Waals surface area (Å²) in [7, 11) is 0. The molecule has 0 bridgehead atoms. The first-order chi connectivity index (χ1) is 16.8. The number of para-hydroxylation sites is 1. The van der Waals surface area contributed by atoms with Gasteiger partial charge in [-0.3, -0.25) is 14.3 Å². The van der Waals surface area contributed by atoms with Gasteiger partial charge in [-0.15, -0.1) is 10.2 Å². The van der Waals surface area contributed by atoms with E-state index < -0.39 is 0 Å². The van der Waals surface area contributed by atoms with E-state index in [-0.39, 0.29) is 5.91 Å². The molecule has 34 heavy (non-hydrogen) atoms. The summed E-state index contributed by atoms with van der Waals surface area (Å²) in [4.78, 5) is 19.2. The second-order valence-electron chi connectivity index (χ2n) is 8.52. The number of rotatable bonds is 7. The molecule has 0 N–H and O–H groups in total. The molecule has 1 amide bonds. The van der Waals surface area contributed by atoms with Crippen molar-refractivity contribution in [2.24, 2.45) is 5.92 Å². The lowest BCUT2D eigenvalue weighted by Crippen LogP contribution is -2.39. The number of likely N-dealkylation sites (tertiary alicyclic amines) is 1. The molecule has 4 aromatic rings. The molecule has 0 unspecified atom stereocenters. The van der Waals surface area contributed by atoms with E-state index in [1.54, 1.807) is 12.4 Å². The van der Waals surface area contributed by atoms with Gasteiger partial charge in [0.05, 0.1) is 5.75 Å². The van der Waals surface area contributed by atoms with Gasteiger partial charge in [0.2, 0.25) is 5.91 Å². The minimum Gasteiger partial charge on any atom is -0.342 e. The summed E-state index contributed by atoms with van der Waals surface area (Å²) in [5.74, 6) is 1.87. The van der Waals surface area contributed by atoms with Crippen LogP contribution in [0.3, 0.4) is 0 Å². The predicted octanol–water partition coefficient (Wildman–Crippen LogP) is 4.90. The van der Waals surface area contributed by atoms with Crippen LogP contribution >= 0.6 is 11.8 Å². The van der Waals surface area contributed by atoms with E-state index in [1.165, 1.54) is 17.3 Å². The third kappa shape index (κ3) is 5.20. The van der Waals surface area contributed by atoms with E-state index in [1.807, 2.05) is 51.9 Å². The van der Waals surface area contributed by atoms with Crippen LogP contribution in [0.25, 0.3) is 17.1 Å². The van der Waals surface area contributed by atoms with Crippen molar-refractivity contribution in [2.75, 3.05) is 18.8 Å². The molecule has 5 rings (SSSR count). The van der Waals surface area contributed by atoms with E-state index in [4.69, 9.17) is 0 Å². The minimum atomic E-state index is 0.161. The smallest absolute Gasteiger partial charge is 0.233 e. The number of hydrogen-bond acceptors (Lipinski definition) is 5. The number of hydrogen-bond donors (Lipinski definition) is 0. The Morgan fingerprint density at radius 1 is 0.912 bits per heavy atom. The molecule has 2 aromatic heterocycles. The van der Waals surface area contributed by atoms with Crippen molar-refractivity contribution in [1.82, 2.24) is 24.6 Å². The molecule has 6 nitrogen and oxygen atoms in total. The van der Waals surface area contributed by atoms with Gasteiger partial charge < -0.3 is 4.90 Å². The van der Waals surface area contributed by atoms with Gasteiger partial charge in [0.25, 0.3) is 0 Å². The molecule has 0 spiro atoms. The van der Waals surface area contributed by atoms with Crippen LogP contribution in [0.4, 0.5) is 0 Å². The number of amides is 1. The van der Waals surface area contributed by atoms with Crippen molar-refractivity contribution >= 4 is 17.7 Å². The molecule has 172 valence electrons. The molecular weight excluding hydrogens is 442 g/mol. The molecule has 0 saturated carbocycles. The summed E-state index contributed by atoms with van der Waals surface area (Å²) in [6.45, 7) is 1.65. The highest BCUT2D eigenvalue weighted by molar-refractivity contribution is 7.99. The lowest BCUT2D eigenvalue weighted by molar-refractivity contribution is -0.129. The molecule has 3 heterocycles. The number of carbonyl (C=O) groups is 1. The van der Waals surface area contributed by atoms with Gasteiger partial charge >= 0.3 is 0 Å². The molecule has 0 atom stereocenters. The third-order valence-electron chi connectivity index (χ3n) is 6.23. The average molecular weight is 470 g/mol. The molecule has 0 aliphatic carbocycles.